The third kappa shape index (κ3) is 3.11. The van der Waals surface area contributed by atoms with Crippen molar-refractivity contribution in [2.75, 3.05) is 18.0 Å². The normalized spacial score (nSPS) is 23.6. The van der Waals surface area contributed by atoms with Gasteiger partial charge in [-0.05, 0) is 44.5 Å². The Kier molecular flexibility index (Phi) is 4.19. The van der Waals surface area contributed by atoms with Gasteiger partial charge in [-0.25, -0.2) is 0 Å². The highest BCUT2D eigenvalue weighted by Crippen LogP contribution is 2.28. The van der Waals surface area contributed by atoms with Crippen LogP contribution in [0.2, 0.25) is 0 Å². The second-order valence-corrected chi connectivity index (χ2v) is 6.43. The minimum atomic E-state index is 0.170. The number of aryl methyl sites for hydroxylation is 1. The second kappa shape index (κ2) is 5.53. The van der Waals surface area contributed by atoms with Gasteiger partial charge >= 0.3 is 0 Å². The molecule has 0 aliphatic carbocycles. The summed E-state index contributed by atoms with van der Waals surface area (Å²) < 4.78 is 1.11. The van der Waals surface area contributed by atoms with Crippen molar-refractivity contribution in [1.29, 1.82) is 0 Å². The highest BCUT2D eigenvalue weighted by Gasteiger charge is 2.30. The van der Waals surface area contributed by atoms with E-state index in [9.17, 15) is 4.79 Å². The third-order valence-electron chi connectivity index (χ3n) is 3.69. The molecule has 0 radical (unpaired) electrons. The number of halogens is 1. The van der Waals surface area contributed by atoms with Crippen LogP contribution in [0.1, 0.15) is 26.3 Å². The molecule has 1 fully saturated rings. The molecular weight excluding hydrogens is 304 g/mol. The Morgan fingerprint density at radius 3 is 2.26 bits per heavy atom. The number of carbonyl (C=O) groups excluding carboxylic acids is 1. The average molecular weight is 325 g/mol. The molecule has 1 aliphatic heterocycles. The first-order chi connectivity index (χ1) is 8.88. The largest absolute Gasteiger partial charge is 0.363 e. The molecule has 1 saturated heterocycles. The highest BCUT2D eigenvalue weighted by atomic mass is 79.9. The van der Waals surface area contributed by atoms with Crippen LogP contribution in [0, 0.1) is 6.92 Å². The van der Waals surface area contributed by atoms with Crippen LogP contribution in [0.4, 0.5) is 5.69 Å². The summed E-state index contributed by atoms with van der Waals surface area (Å²) in [6.07, 6.45) is 0. The quantitative estimate of drug-likeness (QED) is 0.792. The van der Waals surface area contributed by atoms with Gasteiger partial charge in [0, 0.05) is 42.3 Å². The van der Waals surface area contributed by atoms with Gasteiger partial charge in [0.2, 0.25) is 5.91 Å². The molecule has 0 saturated carbocycles. The zero-order valence-corrected chi connectivity index (χ0v) is 13.6. The summed E-state index contributed by atoms with van der Waals surface area (Å²) in [5.74, 6) is 0.170. The molecule has 3 nitrogen and oxygen atoms in total. The van der Waals surface area contributed by atoms with Gasteiger partial charge in [-0.15, -0.1) is 0 Å². The van der Waals surface area contributed by atoms with Gasteiger partial charge in [0.25, 0.3) is 0 Å². The van der Waals surface area contributed by atoms with E-state index in [2.05, 4.69) is 59.8 Å². The molecule has 104 valence electrons. The standard InChI is InChI=1S/C15H21BrN2O/c1-10-5-14(16)7-15(6-10)18-11(2)8-17(13(4)19)9-12(18)3/h5-7,11-12H,8-9H2,1-4H3. The Hall–Kier alpha value is -1.03. The van der Waals surface area contributed by atoms with E-state index >= 15 is 0 Å². The summed E-state index contributed by atoms with van der Waals surface area (Å²) in [5.41, 5.74) is 2.48. The number of hydrogen-bond donors (Lipinski definition) is 0. The number of benzene rings is 1. The first-order valence-electron chi connectivity index (χ1n) is 6.69. The fourth-order valence-electron chi connectivity index (χ4n) is 2.95. The van der Waals surface area contributed by atoms with Crippen molar-refractivity contribution in [3.63, 3.8) is 0 Å². The van der Waals surface area contributed by atoms with Crippen LogP contribution in [0.5, 0.6) is 0 Å². The number of anilines is 1. The van der Waals surface area contributed by atoms with Crippen LogP contribution < -0.4 is 4.90 Å². The Morgan fingerprint density at radius 1 is 1.21 bits per heavy atom. The van der Waals surface area contributed by atoms with Crippen molar-refractivity contribution in [2.24, 2.45) is 0 Å². The summed E-state index contributed by atoms with van der Waals surface area (Å²) in [7, 11) is 0. The fourth-order valence-corrected chi connectivity index (χ4v) is 3.55. The van der Waals surface area contributed by atoms with Gasteiger partial charge in [0.15, 0.2) is 0 Å². The van der Waals surface area contributed by atoms with E-state index in [-0.39, 0.29) is 5.91 Å². The van der Waals surface area contributed by atoms with Gasteiger partial charge < -0.3 is 9.80 Å². The summed E-state index contributed by atoms with van der Waals surface area (Å²) >= 11 is 3.56. The van der Waals surface area contributed by atoms with Gasteiger partial charge in [-0.3, -0.25) is 4.79 Å². The second-order valence-electron chi connectivity index (χ2n) is 5.52. The van der Waals surface area contributed by atoms with Crippen molar-refractivity contribution in [3.8, 4) is 0 Å². The molecule has 0 N–H and O–H groups in total. The molecule has 2 unspecified atom stereocenters. The van der Waals surface area contributed by atoms with Gasteiger partial charge in [0.05, 0.1) is 0 Å². The monoisotopic (exact) mass is 324 g/mol. The zero-order chi connectivity index (χ0) is 14.2. The van der Waals surface area contributed by atoms with Crippen LogP contribution in [-0.4, -0.2) is 36.0 Å². The minimum absolute atomic E-state index is 0.170. The summed E-state index contributed by atoms with van der Waals surface area (Å²) in [6, 6.07) is 7.15. The van der Waals surface area contributed by atoms with E-state index in [1.165, 1.54) is 11.3 Å². The van der Waals surface area contributed by atoms with Crippen LogP contribution in [0.15, 0.2) is 22.7 Å². The Bertz CT molecular complexity index is 457. The average Bonchev–Trinajstić information content (AvgIpc) is 2.26. The number of nitrogens with zero attached hydrogens (tertiary/aromatic N) is 2. The molecule has 1 amide bonds. The van der Waals surface area contributed by atoms with Crippen LogP contribution in [0.3, 0.4) is 0 Å². The summed E-state index contributed by atoms with van der Waals surface area (Å²) in [6.45, 7) is 9.72. The van der Waals surface area contributed by atoms with Crippen LogP contribution >= 0.6 is 15.9 Å². The van der Waals surface area contributed by atoms with E-state index in [0.717, 1.165) is 17.6 Å². The minimum Gasteiger partial charge on any atom is -0.363 e. The number of rotatable bonds is 1. The van der Waals surface area contributed by atoms with Crippen LogP contribution in [0.25, 0.3) is 0 Å². The fraction of sp³-hybridized carbons (Fsp3) is 0.533. The van der Waals surface area contributed by atoms with E-state index in [4.69, 9.17) is 0 Å². The third-order valence-corrected chi connectivity index (χ3v) is 4.15. The highest BCUT2D eigenvalue weighted by molar-refractivity contribution is 9.10. The van der Waals surface area contributed by atoms with Crippen molar-refractivity contribution < 1.29 is 4.79 Å². The molecule has 0 bridgehead atoms. The molecule has 1 heterocycles. The van der Waals surface area contributed by atoms with E-state index in [0.29, 0.717) is 12.1 Å². The van der Waals surface area contributed by atoms with Crippen molar-refractivity contribution in [2.45, 2.75) is 39.8 Å². The maximum atomic E-state index is 11.5. The topological polar surface area (TPSA) is 23.6 Å². The molecule has 2 rings (SSSR count). The lowest BCUT2D eigenvalue weighted by Crippen LogP contribution is -2.58. The van der Waals surface area contributed by atoms with Crippen molar-refractivity contribution in [3.05, 3.63) is 28.2 Å². The number of piperazine rings is 1. The van der Waals surface area contributed by atoms with Gasteiger partial charge in [-0.2, -0.15) is 0 Å². The predicted molar refractivity (Wildman–Crippen MR) is 82.5 cm³/mol. The van der Waals surface area contributed by atoms with Gasteiger partial charge in [0.1, 0.15) is 0 Å². The molecule has 4 heteroatoms. The van der Waals surface area contributed by atoms with E-state index in [1.807, 2.05) is 4.90 Å². The maximum absolute atomic E-state index is 11.5. The van der Waals surface area contributed by atoms with Crippen molar-refractivity contribution >= 4 is 27.5 Å². The Balaban J connectivity index is 2.27. The Labute approximate surface area is 123 Å². The summed E-state index contributed by atoms with van der Waals surface area (Å²) in [4.78, 5) is 15.9. The number of hydrogen-bond acceptors (Lipinski definition) is 2. The Morgan fingerprint density at radius 2 is 1.79 bits per heavy atom. The lowest BCUT2D eigenvalue weighted by molar-refractivity contribution is -0.130. The molecule has 1 aliphatic rings. The molecule has 2 atom stereocenters. The molecule has 0 aromatic heterocycles. The molecule has 19 heavy (non-hydrogen) atoms. The number of carbonyl (C=O) groups is 1. The lowest BCUT2D eigenvalue weighted by Gasteiger charge is -2.45. The first-order valence-corrected chi connectivity index (χ1v) is 7.49. The zero-order valence-electron chi connectivity index (χ0n) is 12.0. The molecule has 1 aromatic rings. The predicted octanol–water partition coefficient (Wildman–Crippen LogP) is 3.20. The van der Waals surface area contributed by atoms with E-state index in [1.54, 1.807) is 6.92 Å². The van der Waals surface area contributed by atoms with Crippen molar-refractivity contribution in [1.82, 2.24) is 4.90 Å². The molecule has 0 spiro atoms. The SMILES string of the molecule is CC(=O)N1CC(C)N(c2cc(C)cc(Br)c2)C(C)C1. The van der Waals surface area contributed by atoms with Crippen LogP contribution in [-0.2, 0) is 4.79 Å². The summed E-state index contributed by atoms with van der Waals surface area (Å²) in [5, 5.41) is 0. The molecule has 1 aromatic carbocycles. The molecular formula is C15H21BrN2O. The van der Waals surface area contributed by atoms with Gasteiger partial charge in [-0.1, -0.05) is 15.9 Å². The smallest absolute Gasteiger partial charge is 0.219 e. The first kappa shape index (κ1) is 14.4. The van der Waals surface area contributed by atoms with E-state index < -0.39 is 0 Å². The number of amides is 1. The lowest BCUT2D eigenvalue weighted by atomic mass is 10.1. The maximum Gasteiger partial charge on any atom is 0.219 e.